The lowest BCUT2D eigenvalue weighted by molar-refractivity contribution is -0.142. The lowest BCUT2D eigenvalue weighted by Crippen LogP contribution is -2.32. The van der Waals surface area contributed by atoms with E-state index >= 15 is 0 Å². The molecule has 0 radical (unpaired) electrons. The van der Waals surface area contributed by atoms with E-state index in [1.165, 1.54) is 19.2 Å². The number of esters is 1. The molecule has 0 aliphatic carbocycles. The number of rotatable bonds is 7. The van der Waals surface area contributed by atoms with Gasteiger partial charge in [0.2, 0.25) is 0 Å². The summed E-state index contributed by atoms with van der Waals surface area (Å²) in [6, 6.07) is 5.97. The number of sulfone groups is 1. The zero-order chi connectivity index (χ0) is 16.8. The quantitative estimate of drug-likeness (QED) is 0.569. The van der Waals surface area contributed by atoms with Crippen LogP contribution in [0.15, 0.2) is 40.8 Å². The Balaban J connectivity index is 3.18. The van der Waals surface area contributed by atoms with Crippen LogP contribution in [0.4, 0.5) is 0 Å². The fraction of sp³-hybridized carbons (Fsp3) is 0.438. The second-order valence-corrected chi connectivity index (χ2v) is 7.11. The summed E-state index contributed by atoms with van der Waals surface area (Å²) in [6.45, 7) is 5.49. The number of methoxy groups -OCH3 is 1. The van der Waals surface area contributed by atoms with Gasteiger partial charge in [0.05, 0.1) is 18.6 Å². The van der Waals surface area contributed by atoms with Gasteiger partial charge in [-0.2, -0.15) is 0 Å². The highest BCUT2D eigenvalue weighted by Gasteiger charge is 2.34. The highest BCUT2D eigenvalue weighted by Crippen LogP contribution is 2.23. The number of carbonyl (C=O) groups excluding carboxylic acids is 1. The van der Waals surface area contributed by atoms with Crippen molar-refractivity contribution >= 4 is 15.8 Å². The van der Waals surface area contributed by atoms with E-state index in [0.717, 1.165) is 5.57 Å². The summed E-state index contributed by atoms with van der Waals surface area (Å²) < 4.78 is 35.3. The zero-order valence-electron chi connectivity index (χ0n) is 13.3. The Bertz CT molecular complexity index is 625. The van der Waals surface area contributed by atoms with Crippen LogP contribution in [0, 0.1) is 0 Å². The summed E-state index contributed by atoms with van der Waals surface area (Å²) in [5.74, 6) is -0.174. The molecule has 5 nitrogen and oxygen atoms in total. The number of carbonyl (C=O) groups is 1. The first-order valence-electron chi connectivity index (χ1n) is 7.00. The van der Waals surface area contributed by atoms with Gasteiger partial charge >= 0.3 is 5.97 Å². The van der Waals surface area contributed by atoms with E-state index in [-0.39, 0.29) is 17.9 Å². The molecule has 0 saturated heterocycles. The molecule has 0 aliphatic rings. The molecule has 0 unspecified atom stereocenters. The molecule has 1 aromatic carbocycles. The smallest absolute Gasteiger partial charge is 0.325 e. The van der Waals surface area contributed by atoms with Crippen LogP contribution in [0.1, 0.15) is 27.2 Å². The maximum atomic E-state index is 12.7. The molecule has 0 spiro atoms. The average Bonchev–Trinajstić information content (AvgIpc) is 2.47. The third kappa shape index (κ3) is 4.59. The third-order valence-corrected chi connectivity index (χ3v) is 5.12. The molecule has 0 fully saturated rings. The fourth-order valence-electron chi connectivity index (χ4n) is 1.86. The van der Waals surface area contributed by atoms with Crippen molar-refractivity contribution in [3.63, 3.8) is 0 Å². The van der Waals surface area contributed by atoms with Crippen LogP contribution in [-0.4, -0.2) is 33.4 Å². The van der Waals surface area contributed by atoms with Crippen molar-refractivity contribution in [1.29, 1.82) is 0 Å². The molecule has 0 heterocycles. The molecular weight excluding hydrogens is 304 g/mol. The predicted molar refractivity (Wildman–Crippen MR) is 84.6 cm³/mol. The van der Waals surface area contributed by atoms with E-state index < -0.39 is 21.1 Å². The Hall–Kier alpha value is -1.82. The summed E-state index contributed by atoms with van der Waals surface area (Å²) >= 11 is 0. The van der Waals surface area contributed by atoms with Crippen molar-refractivity contribution in [1.82, 2.24) is 0 Å². The number of benzene rings is 1. The van der Waals surface area contributed by atoms with Gasteiger partial charge in [-0.25, -0.2) is 8.42 Å². The summed E-state index contributed by atoms with van der Waals surface area (Å²) in [6.07, 6.45) is 1.82. The summed E-state index contributed by atoms with van der Waals surface area (Å²) in [5, 5.41) is -1.24. The second kappa shape index (κ2) is 7.98. The Kier molecular flexibility index (Phi) is 6.61. The van der Waals surface area contributed by atoms with E-state index in [9.17, 15) is 13.2 Å². The van der Waals surface area contributed by atoms with E-state index in [4.69, 9.17) is 9.47 Å². The van der Waals surface area contributed by atoms with Crippen molar-refractivity contribution in [2.45, 2.75) is 37.3 Å². The molecule has 0 N–H and O–H groups in total. The summed E-state index contributed by atoms with van der Waals surface area (Å²) in [5.41, 5.74) is 0.944. The van der Waals surface area contributed by atoms with Crippen molar-refractivity contribution in [2.24, 2.45) is 0 Å². The van der Waals surface area contributed by atoms with Crippen LogP contribution in [0.2, 0.25) is 0 Å². The largest absolute Gasteiger partial charge is 0.497 e. The number of hydrogen-bond donors (Lipinski definition) is 0. The van der Waals surface area contributed by atoms with Crippen LogP contribution < -0.4 is 4.74 Å². The van der Waals surface area contributed by atoms with Gasteiger partial charge in [0.15, 0.2) is 15.1 Å². The molecule has 122 valence electrons. The minimum absolute atomic E-state index is 0.0773. The van der Waals surface area contributed by atoms with Gasteiger partial charge in [-0.15, -0.1) is 0 Å². The lowest BCUT2D eigenvalue weighted by Gasteiger charge is -2.15. The Labute approximate surface area is 131 Å². The van der Waals surface area contributed by atoms with Gasteiger partial charge in [0.25, 0.3) is 0 Å². The SMILES string of the molecule is CCOC(=O)[C@H](CC=C(C)C)S(=O)(=O)c1ccc(OC)cc1. The maximum absolute atomic E-state index is 12.7. The van der Waals surface area contributed by atoms with Crippen molar-refractivity contribution < 1.29 is 22.7 Å². The minimum Gasteiger partial charge on any atom is -0.497 e. The van der Waals surface area contributed by atoms with Gasteiger partial charge in [-0.1, -0.05) is 11.6 Å². The van der Waals surface area contributed by atoms with Crippen LogP contribution >= 0.6 is 0 Å². The monoisotopic (exact) mass is 326 g/mol. The molecule has 0 aromatic heterocycles. The van der Waals surface area contributed by atoms with Gasteiger partial charge < -0.3 is 9.47 Å². The molecule has 0 saturated carbocycles. The predicted octanol–water partition coefficient (Wildman–Crippen LogP) is 2.76. The zero-order valence-corrected chi connectivity index (χ0v) is 14.1. The van der Waals surface area contributed by atoms with Crippen LogP contribution in [0.25, 0.3) is 0 Å². The fourth-order valence-corrected chi connectivity index (χ4v) is 3.37. The van der Waals surface area contributed by atoms with Gasteiger partial charge in [-0.05, 0) is 51.5 Å². The van der Waals surface area contributed by atoms with E-state index in [2.05, 4.69) is 0 Å². The molecule has 0 amide bonds. The molecule has 1 aromatic rings. The van der Waals surface area contributed by atoms with Gasteiger partial charge in [-0.3, -0.25) is 4.79 Å². The van der Waals surface area contributed by atoms with Crippen molar-refractivity contribution in [2.75, 3.05) is 13.7 Å². The molecule has 1 rings (SSSR count). The first kappa shape index (κ1) is 18.2. The highest BCUT2D eigenvalue weighted by molar-refractivity contribution is 7.92. The first-order chi connectivity index (χ1) is 10.3. The Morgan fingerprint density at radius 2 is 1.82 bits per heavy atom. The third-order valence-electron chi connectivity index (χ3n) is 3.05. The van der Waals surface area contributed by atoms with Crippen molar-refractivity contribution in [3.8, 4) is 5.75 Å². The van der Waals surface area contributed by atoms with Crippen LogP contribution in [0.3, 0.4) is 0 Å². The standard InChI is InChI=1S/C16H22O5S/c1-5-21-16(17)15(11-6-12(2)3)22(18,19)14-9-7-13(20-4)8-10-14/h6-10,15H,5,11H2,1-4H3/t15-/m0/s1. The van der Waals surface area contributed by atoms with Gasteiger partial charge in [0, 0.05) is 0 Å². The summed E-state index contributed by atoms with van der Waals surface area (Å²) in [4.78, 5) is 12.1. The Morgan fingerprint density at radius 3 is 2.27 bits per heavy atom. The van der Waals surface area contributed by atoms with E-state index in [0.29, 0.717) is 5.75 Å². The van der Waals surface area contributed by atoms with E-state index in [1.807, 2.05) is 13.8 Å². The average molecular weight is 326 g/mol. The van der Waals surface area contributed by atoms with Gasteiger partial charge in [0.1, 0.15) is 5.75 Å². The number of allylic oxidation sites excluding steroid dienone is 2. The first-order valence-corrected chi connectivity index (χ1v) is 8.55. The highest BCUT2D eigenvalue weighted by atomic mass is 32.2. The normalized spacial score (nSPS) is 12.4. The molecule has 1 atom stereocenters. The number of hydrogen-bond acceptors (Lipinski definition) is 5. The van der Waals surface area contributed by atoms with E-state index in [1.54, 1.807) is 25.1 Å². The molecule has 22 heavy (non-hydrogen) atoms. The second-order valence-electron chi connectivity index (χ2n) is 4.98. The minimum atomic E-state index is -3.82. The molecule has 0 aliphatic heterocycles. The summed E-state index contributed by atoms with van der Waals surface area (Å²) in [7, 11) is -2.32. The van der Waals surface area contributed by atoms with Crippen LogP contribution in [-0.2, 0) is 19.4 Å². The van der Waals surface area contributed by atoms with Crippen molar-refractivity contribution in [3.05, 3.63) is 35.9 Å². The Morgan fingerprint density at radius 1 is 1.23 bits per heavy atom. The maximum Gasteiger partial charge on any atom is 0.325 e. The molecule has 0 bridgehead atoms. The molecule has 6 heteroatoms. The number of ether oxygens (including phenoxy) is 2. The lowest BCUT2D eigenvalue weighted by atomic mass is 10.2. The topological polar surface area (TPSA) is 69.7 Å². The molecular formula is C16H22O5S. The van der Waals surface area contributed by atoms with Crippen LogP contribution in [0.5, 0.6) is 5.75 Å².